The summed E-state index contributed by atoms with van der Waals surface area (Å²) in [6.07, 6.45) is 4.22. The molecule has 1 aromatic heterocycles. The Labute approximate surface area is 149 Å². The molecule has 0 amide bonds. The summed E-state index contributed by atoms with van der Waals surface area (Å²) in [5.41, 5.74) is 6.98. The molecule has 1 aromatic carbocycles. The topological polar surface area (TPSA) is 103 Å². The van der Waals surface area contributed by atoms with Gasteiger partial charge in [-0.05, 0) is 26.0 Å². The van der Waals surface area contributed by atoms with E-state index in [4.69, 9.17) is 21.9 Å². The van der Waals surface area contributed by atoms with E-state index in [1.807, 2.05) is 0 Å². The van der Waals surface area contributed by atoms with Crippen molar-refractivity contribution in [1.29, 1.82) is 5.53 Å². The molecule has 0 spiro atoms. The zero-order valence-corrected chi connectivity index (χ0v) is 14.4. The number of benzene rings is 1. The third-order valence-electron chi connectivity index (χ3n) is 3.17. The van der Waals surface area contributed by atoms with Gasteiger partial charge in [0.25, 0.3) is 0 Å². The number of anilines is 1. The number of aromatic nitrogens is 2. The maximum Gasteiger partial charge on any atom is 0.316 e. The van der Waals surface area contributed by atoms with Gasteiger partial charge in [-0.1, -0.05) is 17.7 Å². The lowest BCUT2D eigenvalue weighted by molar-refractivity contribution is 0.0776. The number of ether oxygens (including phenoxy) is 1. The number of rotatable bonds is 7. The Morgan fingerprint density at radius 2 is 2.12 bits per heavy atom. The molecular weight excluding hydrogens is 349 g/mol. The molecular formula is C16H17ClFN5O2. The summed E-state index contributed by atoms with van der Waals surface area (Å²) in [5.74, 6) is -0.601. The van der Waals surface area contributed by atoms with E-state index in [9.17, 15) is 9.50 Å². The summed E-state index contributed by atoms with van der Waals surface area (Å²) in [6, 6.07) is 4.59. The second-order valence-electron chi connectivity index (χ2n) is 5.60. The standard InChI is InChI=1S/C16H17ClFN5O2/c1-16(2,24)10-6-21-15(22-7-10)25-9-11(23-19)8-20-13-5-3-4-12(17)14(13)18/h3-8,19-20,24H,9H2,1-2H3/b11-8-,23-19?. The predicted molar refractivity (Wildman–Crippen MR) is 91.0 cm³/mol. The van der Waals surface area contributed by atoms with Crippen LogP contribution in [0.4, 0.5) is 10.1 Å². The average Bonchev–Trinajstić information content (AvgIpc) is 2.58. The molecule has 9 heteroatoms. The normalized spacial score (nSPS) is 12.0. The summed E-state index contributed by atoms with van der Waals surface area (Å²) in [7, 11) is 0. The highest BCUT2D eigenvalue weighted by Crippen LogP contribution is 2.22. The Kier molecular flexibility index (Phi) is 6.00. The maximum atomic E-state index is 13.8. The molecule has 0 aliphatic carbocycles. The van der Waals surface area contributed by atoms with Gasteiger partial charge in [0, 0.05) is 24.2 Å². The first-order valence-electron chi connectivity index (χ1n) is 7.26. The Hall–Kier alpha value is -2.58. The number of hydrogen-bond acceptors (Lipinski definition) is 7. The van der Waals surface area contributed by atoms with Crippen LogP contribution in [0, 0.1) is 11.3 Å². The number of halogens is 2. The van der Waals surface area contributed by atoms with Crippen LogP contribution in [0.5, 0.6) is 6.01 Å². The van der Waals surface area contributed by atoms with Crippen LogP contribution in [0.25, 0.3) is 0 Å². The van der Waals surface area contributed by atoms with Crippen LogP contribution >= 0.6 is 11.6 Å². The Bertz CT molecular complexity index is 775. The molecule has 0 fully saturated rings. The van der Waals surface area contributed by atoms with Gasteiger partial charge in [0.1, 0.15) is 12.3 Å². The van der Waals surface area contributed by atoms with Gasteiger partial charge in [0.05, 0.1) is 16.3 Å². The summed E-state index contributed by atoms with van der Waals surface area (Å²) >= 11 is 5.69. The Morgan fingerprint density at radius 1 is 1.44 bits per heavy atom. The van der Waals surface area contributed by atoms with Crippen molar-refractivity contribution in [3.8, 4) is 6.01 Å². The highest BCUT2D eigenvalue weighted by atomic mass is 35.5. The van der Waals surface area contributed by atoms with Crippen molar-refractivity contribution in [2.75, 3.05) is 11.9 Å². The van der Waals surface area contributed by atoms with E-state index in [1.165, 1.54) is 30.7 Å². The molecule has 0 radical (unpaired) electrons. The molecule has 3 N–H and O–H groups in total. The van der Waals surface area contributed by atoms with Gasteiger partial charge in [0.15, 0.2) is 5.82 Å². The molecule has 7 nitrogen and oxygen atoms in total. The van der Waals surface area contributed by atoms with Crippen molar-refractivity contribution in [3.05, 3.63) is 58.9 Å². The van der Waals surface area contributed by atoms with Crippen LogP contribution in [0.2, 0.25) is 5.02 Å². The molecule has 2 aromatic rings. The Morgan fingerprint density at radius 3 is 2.72 bits per heavy atom. The van der Waals surface area contributed by atoms with Gasteiger partial charge >= 0.3 is 6.01 Å². The van der Waals surface area contributed by atoms with E-state index in [1.54, 1.807) is 19.9 Å². The van der Waals surface area contributed by atoms with E-state index in [0.717, 1.165) is 0 Å². The van der Waals surface area contributed by atoms with Crippen molar-refractivity contribution in [2.45, 2.75) is 19.4 Å². The number of aliphatic hydroxyl groups is 1. The SMILES string of the molecule is CC(C)(O)c1cnc(OC/C(=C/Nc2cccc(Cl)c2F)N=N)nc1. The van der Waals surface area contributed by atoms with Gasteiger partial charge in [-0.2, -0.15) is 5.11 Å². The van der Waals surface area contributed by atoms with Gasteiger partial charge in [-0.15, -0.1) is 0 Å². The fourth-order valence-electron chi connectivity index (χ4n) is 1.73. The molecule has 0 bridgehead atoms. The third-order valence-corrected chi connectivity index (χ3v) is 3.47. The van der Waals surface area contributed by atoms with E-state index in [0.29, 0.717) is 5.56 Å². The molecule has 25 heavy (non-hydrogen) atoms. The highest BCUT2D eigenvalue weighted by molar-refractivity contribution is 6.31. The van der Waals surface area contributed by atoms with Crippen molar-refractivity contribution in [2.24, 2.45) is 5.11 Å². The van der Waals surface area contributed by atoms with E-state index in [-0.39, 0.29) is 29.0 Å². The summed E-state index contributed by atoms with van der Waals surface area (Å²) in [6.45, 7) is 3.14. The largest absolute Gasteiger partial charge is 0.457 e. The molecule has 2 rings (SSSR count). The summed E-state index contributed by atoms with van der Waals surface area (Å²) in [4.78, 5) is 7.95. The molecule has 0 aliphatic rings. The van der Waals surface area contributed by atoms with Crippen molar-refractivity contribution < 1.29 is 14.2 Å². The lowest BCUT2D eigenvalue weighted by atomic mass is 10.0. The van der Waals surface area contributed by atoms with Gasteiger partial charge < -0.3 is 15.2 Å². The van der Waals surface area contributed by atoms with E-state index >= 15 is 0 Å². The smallest absolute Gasteiger partial charge is 0.316 e. The molecule has 1 heterocycles. The minimum Gasteiger partial charge on any atom is -0.457 e. The molecule has 0 aliphatic heterocycles. The molecule has 0 atom stereocenters. The fraction of sp³-hybridized carbons (Fsp3) is 0.250. The molecule has 0 saturated carbocycles. The Balaban J connectivity index is 2.00. The molecule has 132 valence electrons. The van der Waals surface area contributed by atoms with E-state index < -0.39 is 11.4 Å². The highest BCUT2D eigenvalue weighted by Gasteiger charge is 2.17. The first-order valence-corrected chi connectivity index (χ1v) is 7.64. The van der Waals surface area contributed by atoms with Gasteiger partial charge in [0.2, 0.25) is 0 Å². The van der Waals surface area contributed by atoms with Crippen molar-refractivity contribution in [1.82, 2.24) is 9.97 Å². The number of nitrogens with one attached hydrogen (secondary N) is 2. The van der Waals surface area contributed by atoms with Crippen LogP contribution < -0.4 is 10.1 Å². The number of nitrogens with zero attached hydrogens (tertiary/aromatic N) is 3. The summed E-state index contributed by atoms with van der Waals surface area (Å²) in [5, 5.41) is 15.8. The third kappa shape index (κ3) is 5.20. The predicted octanol–water partition coefficient (Wildman–Crippen LogP) is 3.86. The van der Waals surface area contributed by atoms with Gasteiger partial charge in [-0.3, -0.25) is 0 Å². The van der Waals surface area contributed by atoms with Gasteiger partial charge in [-0.25, -0.2) is 19.9 Å². The van der Waals surface area contributed by atoms with Crippen LogP contribution in [0.1, 0.15) is 19.4 Å². The quantitative estimate of drug-likeness (QED) is 0.646. The van der Waals surface area contributed by atoms with Crippen LogP contribution in [-0.2, 0) is 5.60 Å². The lowest BCUT2D eigenvalue weighted by Crippen LogP contribution is -2.16. The molecule has 0 unspecified atom stereocenters. The minimum atomic E-state index is -1.05. The lowest BCUT2D eigenvalue weighted by Gasteiger charge is -2.16. The second kappa shape index (κ2) is 8.00. The monoisotopic (exact) mass is 365 g/mol. The van der Waals surface area contributed by atoms with E-state index in [2.05, 4.69) is 20.4 Å². The van der Waals surface area contributed by atoms with Crippen molar-refractivity contribution in [3.63, 3.8) is 0 Å². The molecule has 0 saturated heterocycles. The first kappa shape index (κ1) is 18.8. The van der Waals surface area contributed by atoms with Crippen LogP contribution in [-0.4, -0.2) is 21.7 Å². The van der Waals surface area contributed by atoms with Crippen LogP contribution in [0.3, 0.4) is 0 Å². The summed E-state index contributed by atoms with van der Waals surface area (Å²) < 4.78 is 19.1. The fourth-order valence-corrected chi connectivity index (χ4v) is 1.90. The minimum absolute atomic E-state index is 0.0145. The van der Waals surface area contributed by atoms with Crippen LogP contribution in [0.15, 0.2) is 47.6 Å². The zero-order valence-electron chi connectivity index (χ0n) is 13.6. The van der Waals surface area contributed by atoms with Crippen molar-refractivity contribution >= 4 is 17.3 Å². The maximum absolute atomic E-state index is 13.8. The number of hydrogen-bond donors (Lipinski definition) is 3. The average molecular weight is 366 g/mol. The first-order chi connectivity index (χ1) is 11.8. The second-order valence-corrected chi connectivity index (χ2v) is 6.00. The zero-order chi connectivity index (χ0) is 18.4.